The van der Waals surface area contributed by atoms with E-state index in [1.165, 1.54) is 11.3 Å². The number of Topliss-reactive ketones (excluding diaryl/α,β-unsaturated/α-hetero) is 1. The van der Waals surface area contributed by atoms with Gasteiger partial charge in [-0.25, -0.2) is 4.58 Å². The topological polar surface area (TPSA) is 79.5 Å². The predicted octanol–water partition coefficient (Wildman–Crippen LogP) is 2.66. The normalized spacial score (nSPS) is 18.9. The number of ketones is 1. The molecule has 7 heteroatoms. The lowest BCUT2D eigenvalue weighted by Gasteiger charge is -2.32. The van der Waals surface area contributed by atoms with Crippen LogP contribution in [0.5, 0.6) is 5.88 Å². The molecule has 0 amide bonds. The van der Waals surface area contributed by atoms with Gasteiger partial charge in [0.1, 0.15) is 18.0 Å². The molecule has 1 aromatic heterocycles. The first-order valence-electron chi connectivity index (χ1n) is 10.0. The van der Waals surface area contributed by atoms with Crippen molar-refractivity contribution in [3.05, 3.63) is 45.6 Å². The second-order valence-electron chi connectivity index (χ2n) is 6.90. The van der Waals surface area contributed by atoms with Gasteiger partial charge < -0.3 is 15.1 Å². The fourth-order valence-electron chi connectivity index (χ4n) is 3.65. The molecular formula is C22H27N3O3S. The van der Waals surface area contributed by atoms with Crippen LogP contribution < -0.4 is 10.0 Å². The molecule has 1 aromatic rings. The standard InChI is InChI=1S/C22H27N3O3S/c1-6-24(7-2)14-10-11-15(13(5)12-14)16-18(26)17(19(16)27)20-21(28)23-22(29-20)25(8-3)9-4/h10-12H,6-9H2,1-5H3,(H,26,27). The van der Waals surface area contributed by atoms with Gasteiger partial charge in [-0.2, -0.15) is 4.98 Å². The van der Waals surface area contributed by atoms with Crippen LogP contribution in [0.2, 0.25) is 0 Å². The van der Waals surface area contributed by atoms with Crippen LogP contribution in [-0.2, 0) is 4.79 Å². The molecule has 29 heavy (non-hydrogen) atoms. The Kier molecular flexibility index (Phi) is 6.07. The Bertz CT molecular complexity index is 998. The smallest absolute Gasteiger partial charge is 0.232 e. The van der Waals surface area contributed by atoms with Crippen LogP contribution in [-0.4, -0.2) is 52.3 Å². The van der Waals surface area contributed by atoms with Crippen LogP contribution in [0, 0.1) is 0 Å². The Morgan fingerprint density at radius 2 is 1.79 bits per heavy atom. The quantitative estimate of drug-likeness (QED) is 0.573. The van der Waals surface area contributed by atoms with E-state index in [9.17, 15) is 15.0 Å². The van der Waals surface area contributed by atoms with Gasteiger partial charge in [-0.05, 0) is 51.8 Å². The highest BCUT2D eigenvalue weighted by molar-refractivity contribution is 7.17. The summed E-state index contributed by atoms with van der Waals surface area (Å²) in [6.45, 7) is 13.3. The van der Waals surface area contributed by atoms with Gasteiger partial charge in [0.05, 0.1) is 0 Å². The Hall–Kier alpha value is -2.67. The average Bonchev–Trinajstić information content (AvgIpc) is 3.06. The third-order valence-electron chi connectivity index (χ3n) is 5.38. The predicted molar refractivity (Wildman–Crippen MR) is 116 cm³/mol. The number of allylic oxidation sites excluding steroid dienone is 7. The van der Waals surface area contributed by atoms with Gasteiger partial charge in [0, 0.05) is 36.4 Å². The van der Waals surface area contributed by atoms with E-state index in [0.29, 0.717) is 10.7 Å². The Labute approximate surface area is 175 Å². The van der Waals surface area contributed by atoms with Crippen molar-refractivity contribution in [2.24, 2.45) is 0 Å². The molecule has 2 aliphatic carbocycles. The molecule has 0 saturated heterocycles. The van der Waals surface area contributed by atoms with Gasteiger partial charge in [0.15, 0.2) is 16.6 Å². The lowest BCUT2D eigenvalue weighted by atomic mass is 9.80. The minimum Gasteiger partial charge on any atom is -0.871 e. The molecule has 0 atom stereocenters. The number of thiazole rings is 1. The van der Waals surface area contributed by atoms with E-state index in [0.717, 1.165) is 37.5 Å². The molecule has 154 valence electrons. The third-order valence-corrected chi connectivity index (χ3v) is 6.50. The van der Waals surface area contributed by atoms with Crippen LogP contribution in [0.1, 0.15) is 39.5 Å². The van der Waals surface area contributed by atoms with Crippen molar-refractivity contribution < 1.29 is 19.6 Å². The summed E-state index contributed by atoms with van der Waals surface area (Å²) in [6.07, 6.45) is 5.80. The summed E-state index contributed by atoms with van der Waals surface area (Å²) in [5.41, 5.74) is 2.86. The summed E-state index contributed by atoms with van der Waals surface area (Å²) in [4.78, 5) is 19.3. The van der Waals surface area contributed by atoms with Crippen molar-refractivity contribution in [3.63, 3.8) is 0 Å². The van der Waals surface area contributed by atoms with Crippen LogP contribution in [0.4, 0.5) is 5.13 Å². The van der Waals surface area contributed by atoms with Gasteiger partial charge in [-0.1, -0.05) is 17.1 Å². The third kappa shape index (κ3) is 3.55. The highest BCUT2D eigenvalue weighted by atomic mass is 32.1. The molecule has 0 radical (unpaired) electrons. The van der Waals surface area contributed by atoms with E-state index in [1.54, 1.807) is 0 Å². The number of rotatable bonds is 6. The summed E-state index contributed by atoms with van der Waals surface area (Å²) in [5, 5.41) is 23.7. The van der Waals surface area contributed by atoms with Gasteiger partial charge in [-0.3, -0.25) is 4.79 Å². The first-order valence-corrected chi connectivity index (χ1v) is 10.8. The highest BCUT2D eigenvalue weighted by Gasteiger charge is 2.35. The zero-order valence-electron chi connectivity index (χ0n) is 17.6. The van der Waals surface area contributed by atoms with Crippen LogP contribution in [0.15, 0.2) is 40.7 Å². The van der Waals surface area contributed by atoms with Gasteiger partial charge in [0.25, 0.3) is 0 Å². The van der Waals surface area contributed by atoms with Crippen molar-refractivity contribution in [1.82, 2.24) is 4.98 Å². The fourth-order valence-corrected chi connectivity index (χ4v) is 4.78. The second kappa shape index (κ2) is 8.37. The van der Waals surface area contributed by atoms with Gasteiger partial charge in [-0.15, -0.1) is 0 Å². The molecule has 0 bridgehead atoms. The summed E-state index contributed by atoms with van der Waals surface area (Å²) in [7, 11) is 0. The minimum absolute atomic E-state index is 0.0422. The Morgan fingerprint density at radius 3 is 2.31 bits per heavy atom. The summed E-state index contributed by atoms with van der Waals surface area (Å²) < 4.78 is 2.22. The zero-order chi connectivity index (χ0) is 21.3. The number of nitrogens with zero attached hydrogens (tertiary/aromatic N) is 3. The number of carbonyl (C=O) groups is 1. The molecule has 2 aliphatic rings. The monoisotopic (exact) mass is 413 g/mol. The largest absolute Gasteiger partial charge is 0.871 e. The van der Waals surface area contributed by atoms with E-state index < -0.39 is 0 Å². The van der Waals surface area contributed by atoms with Crippen molar-refractivity contribution >= 4 is 33.5 Å². The van der Waals surface area contributed by atoms with E-state index in [4.69, 9.17) is 0 Å². The van der Waals surface area contributed by atoms with Crippen molar-refractivity contribution in [2.75, 3.05) is 31.1 Å². The minimum atomic E-state index is -0.321. The molecule has 0 aromatic carbocycles. The summed E-state index contributed by atoms with van der Waals surface area (Å²) >= 11 is 1.19. The average molecular weight is 414 g/mol. The molecule has 3 rings (SSSR count). The fraction of sp³-hybridized carbons (Fsp3) is 0.409. The SMILES string of the molecule is CCN(CC)c1nc(O)c(C2=C([O-])/C(=C3/C=CC(=[N+](CC)CC)C=C3C)C2=O)s1. The lowest BCUT2D eigenvalue weighted by Crippen LogP contribution is -2.30. The maximum Gasteiger partial charge on any atom is 0.232 e. The maximum atomic E-state index is 12.9. The van der Waals surface area contributed by atoms with Crippen molar-refractivity contribution in [1.29, 1.82) is 0 Å². The first kappa shape index (κ1) is 21.0. The van der Waals surface area contributed by atoms with E-state index >= 15 is 0 Å². The number of anilines is 1. The molecule has 0 spiro atoms. The summed E-state index contributed by atoms with van der Waals surface area (Å²) in [5.74, 6) is -0.890. The first-order chi connectivity index (χ1) is 13.9. The van der Waals surface area contributed by atoms with Gasteiger partial charge >= 0.3 is 0 Å². The molecule has 0 saturated carbocycles. The number of aromatic nitrogens is 1. The Balaban J connectivity index is 2.02. The molecule has 1 heterocycles. The number of aromatic hydroxyl groups is 1. The van der Waals surface area contributed by atoms with Crippen LogP contribution in [0.25, 0.3) is 5.57 Å². The van der Waals surface area contributed by atoms with E-state index in [1.807, 2.05) is 43.9 Å². The zero-order valence-corrected chi connectivity index (χ0v) is 18.4. The highest BCUT2D eigenvalue weighted by Crippen LogP contribution is 2.45. The Morgan fingerprint density at radius 1 is 1.14 bits per heavy atom. The number of carbonyl (C=O) groups excluding carboxylic acids is 1. The van der Waals surface area contributed by atoms with E-state index in [2.05, 4.69) is 23.4 Å². The van der Waals surface area contributed by atoms with Crippen molar-refractivity contribution in [2.45, 2.75) is 34.6 Å². The molecule has 0 fully saturated rings. The van der Waals surface area contributed by atoms with Crippen LogP contribution >= 0.6 is 11.3 Å². The number of hydrogen-bond acceptors (Lipinski definition) is 6. The van der Waals surface area contributed by atoms with E-state index in [-0.39, 0.29) is 33.4 Å². The molecule has 0 unspecified atom stereocenters. The molecule has 1 N–H and O–H groups in total. The summed E-state index contributed by atoms with van der Waals surface area (Å²) in [6, 6.07) is 0. The second-order valence-corrected chi connectivity index (χ2v) is 7.88. The molecule has 0 aliphatic heterocycles. The van der Waals surface area contributed by atoms with Crippen molar-refractivity contribution in [3.8, 4) is 5.88 Å². The maximum absolute atomic E-state index is 12.9. The molecule has 6 nitrogen and oxygen atoms in total. The number of hydrogen-bond donors (Lipinski definition) is 1. The van der Waals surface area contributed by atoms with Gasteiger partial charge in [0.2, 0.25) is 5.88 Å². The molecular weight excluding hydrogens is 386 g/mol. The van der Waals surface area contributed by atoms with Crippen LogP contribution in [0.3, 0.4) is 0 Å². The lowest BCUT2D eigenvalue weighted by molar-refractivity contribution is -0.519.